The standard InChI is InChI=1S/C13H20N2O4S/c1-3-13(4-2,12(16)17)9-15-20(18,19)11-7-5-10(14)6-8-11/h5-8,15H,3-4,9,14H2,1-2H3,(H,16,17). The summed E-state index contributed by atoms with van der Waals surface area (Å²) >= 11 is 0. The van der Waals surface area contributed by atoms with Crippen LogP contribution in [-0.2, 0) is 14.8 Å². The van der Waals surface area contributed by atoms with Gasteiger partial charge in [0, 0.05) is 12.2 Å². The molecule has 0 aliphatic carbocycles. The Bertz CT molecular complexity index is 563. The molecule has 20 heavy (non-hydrogen) atoms. The van der Waals surface area contributed by atoms with Crippen molar-refractivity contribution < 1.29 is 18.3 Å². The molecule has 0 fully saturated rings. The minimum Gasteiger partial charge on any atom is -0.481 e. The quantitative estimate of drug-likeness (QED) is 0.660. The average molecular weight is 300 g/mol. The maximum atomic E-state index is 12.1. The number of carbonyl (C=O) groups is 1. The van der Waals surface area contributed by atoms with Crippen molar-refractivity contribution in [1.82, 2.24) is 4.72 Å². The van der Waals surface area contributed by atoms with Crippen LogP contribution in [0.15, 0.2) is 29.2 Å². The lowest BCUT2D eigenvalue weighted by atomic mass is 9.83. The number of carboxylic acid groups (broad SMARTS) is 1. The van der Waals surface area contributed by atoms with Crippen LogP contribution in [0.1, 0.15) is 26.7 Å². The molecule has 0 spiro atoms. The van der Waals surface area contributed by atoms with Gasteiger partial charge in [0.1, 0.15) is 0 Å². The lowest BCUT2D eigenvalue weighted by Crippen LogP contribution is -2.42. The van der Waals surface area contributed by atoms with Gasteiger partial charge in [-0.2, -0.15) is 0 Å². The van der Waals surface area contributed by atoms with Crippen LogP contribution in [0.25, 0.3) is 0 Å². The average Bonchev–Trinajstić information content (AvgIpc) is 2.40. The number of nitrogen functional groups attached to an aromatic ring is 1. The van der Waals surface area contributed by atoms with Gasteiger partial charge in [0.05, 0.1) is 10.3 Å². The molecular weight excluding hydrogens is 280 g/mol. The highest BCUT2D eigenvalue weighted by Gasteiger charge is 2.36. The van der Waals surface area contributed by atoms with Crippen LogP contribution >= 0.6 is 0 Å². The maximum Gasteiger partial charge on any atom is 0.310 e. The topological polar surface area (TPSA) is 109 Å². The Balaban J connectivity index is 2.92. The number of nitrogens with two attached hydrogens (primary N) is 1. The molecule has 0 saturated heterocycles. The summed E-state index contributed by atoms with van der Waals surface area (Å²) in [6.07, 6.45) is 0.701. The van der Waals surface area contributed by atoms with E-state index in [9.17, 15) is 18.3 Å². The third kappa shape index (κ3) is 3.49. The summed E-state index contributed by atoms with van der Waals surface area (Å²) in [5, 5.41) is 9.28. The highest BCUT2D eigenvalue weighted by atomic mass is 32.2. The summed E-state index contributed by atoms with van der Waals surface area (Å²) in [5.41, 5.74) is 4.88. The molecule has 112 valence electrons. The SMILES string of the molecule is CCC(CC)(CNS(=O)(=O)c1ccc(N)cc1)C(=O)O. The minimum atomic E-state index is -3.73. The second-order valence-electron chi connectivity index (χ2n) is 4.69. The number of anilines is 1. The summed E-state index contributed by atoms with van der Waals surface area (Å²) in [4.78, 5) is 11.4. The van der Waals surface area contributed by atoms with Gasteiger partial charge in [-0.3, -0.25) is 4.79 Å². The fourth-order valence-electron chi connectivity index (χ4n) is 1.84. The largest absolute Gasteiger partial charge is 0.481 e. The lowest BCUT2D eigenvalue weighted by molar-refractivity contribution is -0.149. The van der Waals surface area contributed by atoms with Gasteiger partial charge >= 0.3 is 5.97 Å². The summed E-state index contributed by atoms with van der Waals surface area (Å²) in [6, 6.07) is 5.74. The fourth-order valence-corrected chi connectivity index (χ4v) is 2.97. The van der Waals surface area contributed by atoms with Crippen molar-refractivity contribution in [2.75, 3.05) is 12.3 Å². The van der Waals surface area contributed by atoms with E-state index in [2.05, 4.69) is 4.72 Å². The molecule has 0 aliphatic rings. The van der Waals surface area contributed by atoms with E-state index in [0.717, 1.165) is 0 Å². The van der Waals surface area contributed by atoms with Gasteiger partial charge in [0.2, 0.25) is 10.0 Å². The number of rotatable bonds is 7. The second kappa shape index (κ2) is 6.23. The van der Waals surface area contributed by atoms with E-state index in [1.54, 1.807) is 13.8 Å². The van der Waals surface area contributed by atoms with Crippen LogP contribution in [0, 0.1) is 5.41 Å². The van der Waals surface area contributed by atoms with Crippen LogP contribution in [-0.4, -0.2) is 26.0 Å². The Morgan fingerprint density at radius 2 is 1.75 bits per heavy atom. The minimum absolute atomic E-state index is 0.0678. The van der Waals surface area contributed by atoms with Gasteiger partial charge in [-0.25, -0.2) is 13.1 Å². The second-order valence-corrected chi connectivity index (χ2v) is 6.45. The Labute approximate surface area is 119 Å². The number of benzene rings is 1. The number of carboxylic acids is 1. The third-order valence-electron chi connectivity index (χ3n) is 3.60. The summed E-state index contributed by atoms with van der Waals surface area (Å²) in [6.45, 7) is 3.33. The van der Waals surface area contributed by atoms with Gasteiger partial charge in [-0.15, -0.1) is 0 Å². The molecule has 1 aromatic carbocycles. The van der Waals surface area contributed by atoms with Gasteiger partial charge < -0.3 is 10.8 Å². The van der Waals surface area contributed by atoms with Gasteiger partial charge in [-0.1, -0.05) is 13.8 Å². The van der Waals surface area contributed by atoms with Crippen molar-refractivity contribution in [2.45, 2.75) is 31.6 Å². The molecule has 1 rings (SSSR count). The number of nitrogens with one attached hydrogen (secondary N) is 1. The van der Waals surface area contributed by atoms with Crippen LogP contribution < -0.4 is 10.5 Å². The summed E-state index contributed by atoms with van der Waals surface area (Å²) in [5.74, 6) is -0.998. The van der Waals surface area contributed by atoms with Crippen molar-refractivity contribution in [2.24, 2.45) is 5.41 Å². The molecule has 0 radical (unpaired) electrons. The molecule has 0 unspecified atom stereocenters. The van der Waals surface area contributed by atoms with Crippen LogP contribution in [0.3, 0.4) is 0 Å². The van der Waals surface area contributed by atoms with Crippen LogP contribution in [0.4, 0.5) is 5.69 Å². The van der Waals surface area contributed by atoms with E-state index < -0.39 is 21.4 Å². The van der Waals surface area contributed by atoms with Crippen molar-refractivity contribution in [3.8, 4) is 0 Å². The number of hydrogen-bond donors (Lipinski definition) is 3. The predicted molar refractivity (Wildman–Crippen MR) is 76.7 cm³/mol. The normalized spacial score (nSPS) is 12.3. The first-order valence-electron chi connectivity index (χ1n) is 6.36. The van der Waals surface area contributed by atoms with Crippen molar-refractivity contribution in [1.29, 1.82) is 0 Å². The molecule has 0 aromatic heterocycles. The molecule has 1 aromatic rings. The first-order chi connectivity index (χ1) is 9.27. The zero-order valence-electron chi connectivity index (χ0n) is 11.6. The zero-order chi connectivity index (χ0) is 15.4. The third-order valence-corrected chi connectivity index (χ3v) is 5.02. The molecule has 0 bridgehead atoms. The Morgan fingerprint density at radius 1 is 1.25 bits per heavy atom. The van der Waals surface area contributed by atoms with Crippen molar-refractivity contribution in [3.63, 3.8) is 0 Å². The van der Waals surface area contributed by atoms with Crippen molar-refractivity contribution >= 4 is 21.7 Å². The van der Waals surface area contributed by atoms with E-state index in [-0.39, 0.29) is 11.4 Å². The maximum absolute atomic E-state index is 12.1. The molecule has 6 nitrogen and oxygen atoms in total. The van der Waals surface area contributed by atoms with E-state index in [0.29, 0.717) is 18.5 Å². The predicted octanol–water partition coefficient (Wildman–Crippen LogP) is 1.44. The van der Waals surface area contributed by atoms with Gasteiger partial charge in [0.15, 0.2) is 0 Å². The molecular formula is C13H20N2O4S. The van der Waals surface area contributed by atoms with E-state index in [1.165, 1.54) is 24.3 Å². The molecule has 0 amide bonds. The highest BCUT2D eigenvalue weighted by Crippen LogP contribution is 2.26. The summed E-state index contributed by atoms with van der Waals surface area (Å²) < 4.78 is 26.6. The number of sulfonamides is 1. The number of hydrogen-bond acceptors (Lipinski definition) is 4. The number of aliphatic carboxylic acids is 1. The lowest BCUT2D eigenvalue weighted by Gasteiger charge is -2.26. The molecule has 0 heterocycles. The molecule has 0 aliphatic heterocycles. The zero-order valence-corrected chi connectivity index (χ0v) is 12.4. The van der Waals surface area contributed by atoms with Gasteiger partial charge in [0.25, 0.3) is 0 Å². The van der Waals surface area contributed by atoms with Crippen LogP contribution in [0.2, 0.25) is 0 Å². The monoisotopic (exact) mass is 300 g/mol. The molecule has 0 atom stereocenters. The molecule has 4 N–H and O–H groups in total. The Kier molecular flexibility index (Phi) is 5.13. The van der Waals surface area contributed by atoms with E-state index in [1.807, 2.05) is 0 Å². The first kappa shape index (κ1) is 16.5. The smallest absolute Gasteiger partial charge is 0.310 e. The van der Waals surface area contributed by atoms with Crippen LogP contribution in [0.5, 0.6) is 0 Å². The fraction of sp³-hybridized carbons (Fsp3) is 0.462. The Hall–Kier alpha value is -1.60. The van der Waals surface area contributed by atoms with Crippen molar-refractivity contribution in [3.05, 3.63) is 24.3 Å². The Morgan fingerprint density at radius 3 is 2.15 bits per heavy atom. The van der Waals surface area contributed by atoms with E-state index in [4.69, 9.17) is 5.73 Å². The first-order valence-corrected chi connectivity index (χ1v) is 7.84. The van der Waals surface area contributed by atoms with E-state index >= 15 is 0 Å². The molecule has 0 saturated carbocycles. The molecule has 7 heteroatoms. The van der Waals surface area contributed by atoms with Gasteiger partial charge in [-0.05, 0) is 37.1 Å². The summed E-state index contributed by atoms with van der Waals surface area (Å²) in [7, 11) is -3.73. The highest BCUT2D eigenvalue weighted by molar-refractivity contribution is 7.89.